The molecule has 0 aliphatic carbocycles. The Hall–Kier alpha value is -5.74. The van der Waals surface area contributed by atoms with Gasteiger partial charge in [0.05, 0.1) is 25.3 Å². The van der Waals surface area contributed by atoms with Crippen LogP contribution in [0.5, 0.6) is 0 Å². The summed E-state index contributed by atoms with van der Waals surface area (Å²) in [7, 11) is 0. The molecule has 5 aromatic heterocycles. The third-order valence-electron chi connectivity index (χ3n) is 7.05. The van der Waals surface area contributed by atoms with Crippen molar-refractivity contribution in [2.24, 2.45) is 34.4 Å². The molecule has 0 aromatic carbocycles. The number of aromatic nitrogens is 14. The van der Waals surface area contributed by atoms with Crippen molar-refractivity contribution in [1.29, 1.82) is 0 Å². The second-order valence-corrected chi connectivity index (χ2v) is 14.5. The van der Waals surface area contributed by atoms with Gasteiger partial charge < -0.3 is 54.0 Å². The molecule has 0 bridgehead atoms. The number of nitrogens with one attached hydrogen (secondary N) is 2. The molecule has 5 rings (SSSR count). The van der Waals surface area contributed by atoms with Crippen molar-refractivity contribution < 1.29 is 22.9 Å². The number of aryl methyl sites for hydroxylation is 4. The Labute approximate surface area is 373 Å². The fourth-order valence-electron chi connectivity index (χ4n) is 4.14. The van der Waals surface area contributed by atoms with Gasteiger partial charge in [0.15, 0.2) is 29.2 Å². The summed E-state index contributed by atoms with van der Waals surface area (Å²) in [6.45, 7) is 19.1. The van der Waals surface area contributed by atoms with Crippen LogP contribution in [0.4, 0.5) is 10.2 Å². The molecule has 0 spiro atoms. The van der Waals surface area contributed by atoms with E-state index in [9.17, 15) is 14.0 Å². The predicted octanol–water partition coefficient (Wildman–Crippen LogP) is -0.648. The van der Waals surface area contributed by atoms with Gasteiger partial charge in [-0.15, -0.1) is 30.6 Å². The number of hydrogen-bond donors (Lipinski definition) is 8. The Kier molecular flexibility index (Phi) is 31.6. The summed E-state index contributed by atoms with van der Waals surface area (Å²) in [5, 5.41) is 43.4. The van der Waals surface area contributed by atoms with Crippen molar-refractivity contribution in [2.75, 3.05) is 51.3 Å². The van der Waals surface area contributed by atoms with E-state index in [-0.39, 0.29) is 29.9 Å². The molecule has 2 amide bonds. The highest BCUT2D eigenvalue weighted by Crippen LogP contribution is 2.07. The largest absolute Gasteiger partial charge is 0.446 e. The number of anilines is 1. The molecule has 0 saturated carbocycles. The van der Waals surface area contributed by atoms with Crippen LogP contribution >= 0.6 is 0 Å². The summed E-state index contributed by atoms with van der Waals surface area (Å²) in [4.78, 5) is 30.2. The number of rotatable bonds is 18. The van der Waals surface area contributed by atoms with Gasteiger partial charge in [0.25, 0.3) is 0 Å². The Morgan fingerprint density at radius 1 is 0.766 bits per heavy atom. The molecule has 0 atom stereocenters. The van der Waals surface area contributed by atoms with E-state index in [0.717, 1.165) is 42.7 Å². The highest BCUT2D eigenvalue weighted by Gasteiger charge is 2.12. The van der Waals surface area contributed by atoms with Gasteiger partial charge in [-0.2, -0.15) is 14.4 Å². The van der Waals surface area contributed by atoms with Crippen LogP contribution in [0.2, 0.25) is 0 Å². The summed E-state index contributed by atoms with van der Waals surface area (Å²) in [6, 6.07) is 1.92. The Morgan fingerprint density at radius 3 is 1.72 bits per heavy atom. The van der Waals surface area contributed by atoms with Gasteiger partial charge in [-0.1, -0.05) is 12.1 Å². The lowest BCUT2D eigenvalue weighted by atomic mass is 10.1. The van der Waals surface area contributed by atoms with Crippen LogP contribution in [0.3, 0.4) is 0 Å². The molecule has 0 radical (unpaired) electrons. The SMILES string of the molecule is CC(C)(C)NC(=O)CCN.CC(C)n1nnc(CCN)n1.CCc1cnc(CCN)o1.CCn1nnc(CCN)n1.Cc1cc(NC(=O)CCN)no1.NCCc1nnn(CCF)n1. The summed E-state index contributed by atoms with van der Waals surface area (Å²) in [5.41, 5.74) is 31.4. The van der Waals surface area contributed by atoms with Gasteiger partial charge >= 0.3 is 0 Å². The van der Waals surface area contributed by atoms with Crippen LogP contribution in [0.25, 0.3) is 0 Å². The molecule has 0 aliphatic heterocycles. The van der Waals surface area contributed by atoms with E-state index in [1.165, 1.54) is 4.80 Å². The highest BCUT2D eigenvalue weighted by atomic mass is 19.1. The third-order valence-corrected chi connectivity index (χ3v) is 7.05. The number of halogens is 1. The number of carbonyl (C=O) groups is 2. The van der Waals surface area contributed by atoms with Crippen LogP contribution in [0.15, 0.2) is 21.2 Å². The molecule has 26 nitrogen and oxygen atoms in total. The van der Waals surface area contributed by atoms with Gasteiger partial charge in [-0.3, -0.25) is 9.59 Å². The van der Waals surface area contributed by atoms with Gasteiger partial charge in [0.1, 0.15) is 18.2 Å². The lowest BCUT2D eigenvalue weighted by molar-refractivity contribution is -0.122. The third kappa shape index (κ3) is 28.8. The van der Waals surface area contributed by atoms with Crippen molar-refractivity contribution in [3.63, 3.8) is 0 Å². The first-order valence-corrected chi connectivity index (χ1v) is 21.1. The fraction of sp³-hybridized carbons (Fsp3) is 0.703. The zero-order valence-electron chi connectivity index (χ0n) is 38.8. The fourth-order valence-corrected chi connectivity index (χ4v) is 4.14. The van der Waals surface area contributed by atoms with Gasteiger partial charge in [-0.05, 0) is 83.7 Å². The number of nitrogens with two attached hydrogens (primary N) is 6. The number of nitrogens with zero attached hydrogens (tertiary/aromatic N) is 14. The minimum absolute atomic E-state index is 0.0231. The molecule has 362 valence electrons. The van der Waals surface area contributed by atoms with Gasteiger partial charge in [0.2, 0.25) is 11.8 Å². The Morgan fingerprint density at radius 2 is 1.30 bits per heavy atom. The Balaban J connectivity index is 0.000000745. The number of oxazole rings is 1. The van der Waals surface area contributed by atoms with E-state index in [4.69, 9.17) is 43.3 Å². The maximum absolute atomic E-state index is 11.7. The zero-order chi connectivity index (χ0) is 48.3. The maximum atomic E-state index is 11.7. The minimum atomic E-state index is -0.474. The molecule has 5 aromatic rings. The average Bonchev–Trinajstić information content (AvgIpc) is 4.10. The van der Waals surface area contributed by atoms with E-state index in [1.807, 2.05) is 48.5 Å². The van der Waals surface area contributed by atoms with Crippen molar-refractivity contribution >= 4 is 17.6 Å². The molecule has 0 saturated heterocycles. The standard InChI is InChI=1S/C7H11N3O2.C7H12N2O.C7H16N2O.C6H13N5.C5H10FN5.C5H11N5/c1-5-4-6(10-12-5)9-7(11)2-3-8;1-2-6-5-9-7(10-6)3-4-8;1-7(2,3)9-6(10)4-5-8;1-5(2)11-9-6(3-4-7)8-10-11;6-2-4-11-9-5(1-3-7)8-10-11;1-2-10-8-5(3-4-6)7-9-10/h4H,2-3,8H2,1H3,(H,9,10,11);5H,2-4,8H2,1H3;4-5,8H2,1-3H3,(H,9,10);5H,3-4,7H2,1-2H3;1-4,7H2;2-4,6H2,1H3. The number of hydrogen-bond acceptors (Lipinski definition) is 21. The van der Waals surface area contributed by atoms with E-state index in [2.05, 4.69) is 67.0 Å². The summed E-state index contributed by atoms with van der Waals surface area (Å²) >= 11 is 0. The monoisotopic (exact) mass is 909 g/mol. The first-order chi connectivity index (χ1) is 30.5. The van der Waals surface area contributed by atoms with Crippen molar-refractivity contribution in [2.45, 2.75) is 125 Å². The summed E-state index contributed by atoms with van der Waals surface area (Å²) in [6.07, 6.45) is 6.10. The van der Waals surface area contributed by atoms with Crippen LogP contribution in [0.1, 0.15) is 102 Å². The molecule has 64 heavy (non-hydrogen) atoms. The quantitative estimate of drug-likeness (QED) is 0.0541. The Bertz CT molecular complexity index is 1840. The number of amides is 2. The second kappa shape index (κ2) is 34.7. The lowest BCUT2D eigenvalue weighted by Gasteiger charge is -2.19. The van der Waals surface area contributed by atoms with Crippen molar-refractivity contribution in [3.8, 4) is 0 Å². The van der Waals surface area contributed by atoms with Crippen LogP contribution in [-0.4, -0.2) is 134 Å². The molecule has 5 heterocycles. The van der Waals surface area contributed by atoms with E-state index >= 15 is 0 Å². The summed E-state index contributed by atoms with van der Waals surface area (Å²) < 4.78 is 21.8. The molecule has 27 heteroatoms. The van der Waals surface area contributed by atoms with Gasteiger partial charge in [-0.25, -0.2) is 9.37 Å². The number of tetrazole rings is 3. The van der Waals surface area contributed by atoms with Crippen LogP contribution in [0, 0.1) is 6.92 Å². The first-order valence-electron chi connectivity index (χ1n) is 21.1. The minimum Gasteiger partial charge on any atom is -0.446 e. The van der Waals surface area contributed by atoms with E-state index in [1.54, 1.807) is 28.8 Å². The van der Waals surface area contributed by atoms with E-state index in [0.29, 0.717) is 88.8 Å². The molecular formula is C37H73FN22O4. The summed E-state index contributed by atoms with van der Waals surface area (Å²) in [5.74, 6) is 4.68. The normalized spacial score (nSPS) is 10.4. The van der Waals surface area contributed by atoms with Crippen LogP contribution in [-0.2, 0) is 54.8 Å². The number of alkyl halides is 1. The van der Waals surface area contributed by atoms with E-state index < -0.39 is 6.67 Å². The zero-order valence-corrected chi connectivity index (χ0v) is 38.8. The second-order valence-electron chi connectivity index (χ2n) is 14.5. The topological polar surface area (TPSA) is 397 Å². The van der Waals surface area contributed by atoms with Crippen molar-refractivity contribution in [1.82, 2.24) is 76.1 Å². The molecule has 0 aliphatic rings. The lowest BCUT2D eigenvalue weighted by Crippen LogP contribution is -2.41. The molecule has 14 N–H and O–H groups in total. The molecule has 0 fully saturated rings. The van der Waals surface area contributed by atoms with Crippen molar-refractivity contribution in [3.05, 3.63) is 47.1 Å². The highest BCUT2D eigenvalue weighted by molar-refractivity contribution is 5.89. The predicted molar refractivity (Wildman–Crippen MR) is 238 cm³/mol. The van der Waals surface area contributed by atoms with Crippen LogP contribution < -0.4 is 45.0 Å². The number of carbonyl (C=O) groups excluding carboxylic acids is 2. The van der Waals surface area contributed by atoms with Gasteiger partial charge in [0, 0.05) is 76.2 Å². The molecule has 0 unspecified atom stereocenters. The molecular weight excluding hydrogens is 836 g/mol. The first kappa shape index (κ1) is 58.3. The smallest absolute Gasteiger partial charge is 0.226 e. The average molecular weight is 909 g/mol. The maximum Gasteiger partial charge on any atom is 0.226 e.